The quantitative estimate of drug-likeness (QED) is 0.784. The van der Waals surface area contributed by atoms with E-state index in [0.29, 0.717) is 12.5 Å². The van der Waals surface area contributed by atoms with Crippen molar-refractivity contribution in [2.75, 3.05) is 6.54 Å². The second-order valence-corrected chi connectivity index (χ2v) is 6.07. The van der Waals surface area contributed by atoms with Gasteiger partial charge in [-0.05, 0) is 58.2 Å². The predicted molar refractivity (Wildman–Crippen MR) is 72.8 cm³/mol. The standard InChI is InChI=1S/C15H23NO3/c1-15(2,14(17)18)8-4-9-16(12-6-7-12)11-13-5-3-10-19-13/h3,5,10,12H,4,6-9,11H2,1-2H3,(H,17,18). The van der Waals surface area contributed by atoms with Crippen LogP contribution in [0.1, 0.15) is 45.3 Å². The molecule has 4 nitrogen and oxygen atoms in total. The first-order valence-electron chi connectivity index (χ1n) is 6.99. The molecule has 0 aliphatic heterocycles. The van der Waals surface area contributed by atoms with Crippen LogP contribution >= 0.6 is 0 Å². The number of furan rings is 1. The number of nitrogens with zero attached hydrogens (tertiary/aromatic N) is 1. The molecular weight excluding hydrogens is 242 g/mol. The van der Waals surface area contributed by atoms with E-state index >= 15 is 0 Å². The molecule has 0 atom stereocenters. The first-order valence-corrected chi connectivity index (χ1v) is 6.99. The Morgan fingerprint density at radius 3 is 2.79 bits per heavy atom. The van der Waals surface area contributed by atoms with Gasteiger partial charge in [-0.2, -0.15) is 0 Å². The van der Waals surface area contributed by atoms with Crippen molar-refractivity contribution >= 4 is 5.97 Å². The molecule has 0 aromatic carbocycles. The second-order valence-electron chi connectivity index (χ2n) is 6.07. The minimum Gasteiger partial charge on any atom is -0.481 e. The monoisotopic (exact) mass is 265 g/mol. The van der Waals surface area contributed by atoms with E-state index in [1.54, 1.807) is 20.1 Å². The fraction of sp³-hybridized carbons (Fsp3) is 0.667. The van der Waals surface area contributed by atoms with Crippen LogP contribution in [0.4, 0.5) is 0 Å². The summed E-state index contributed by atoms with van der Waals surface area (Å²) in [4.78, 5) is 13.5. The van der Waals surface area contributed by atoms with Gasteiger partial charge < -0.3 is 9.52 Å². The molecule has 0 radical (unpaired) electrons. The number of hydrogen-bond donors (Lipinski definition) is 1. The van der Waals surface area contributed by atoms with Crippen LogP contribution in [0.15, 0.2) is 22.8 Å². The van der Waals surface area contributed by atoms with Gasteiger partial charge in [0.1, 0.15) is 5.76 Å². The van der Waals surface area contributed by atoms with Crippen LogP contribution in [0.3, 0.4) is 0 Å². The van der Waals surface area contributed by atoms with Crippen molar-refractivity contribution < 1.29 is 14.3 Å². The summed E-state index contributed by atoms with van der Waals surface area (Å²) in [7, 11) is 0. The van der Waals surface area contributed by atoms with E-state index in [4.69, 9.17) is 9.52 Å². The summed E-state index contributed by atoms with van der Waals surface area (Å²) in [5.41, 5.74) is -0.625. The lowest BCUT2D eigenvalue weighted by Gasteiger charge is -2.24. The van der Waals surface area contributed by atoms with Gasteiger partial charge in [-0.3, -0.25) is 9.69 Å². The molecular formula is C15H23NO3. The number of aliphatic carboxylic acids is 1. The van der Waals surface area contributed by atoms with Gasteiger partial charge in [-0.15, -0.1) is 0 Å². The van der Waals surface area contributed by atoms with Gasteiger partial charge in [0.25, 0.3) is 0 Å². The second kappa shape index (κ2) is 5.78. The van der Waals surface area contributed by atoms with Gasteiger partial charge >= 0.3 is 5.97 Å². The number of carboxylic acids is 1. The number of rotatable bonds is 8. The largest absolute Gasteiger partial charge is 0.481 e. The zero-order chi connectivity index (χ0) is 13.9. The highest BCUT2D eigenvalue weighted by Gasteiger charge is 2.31. The Balaban J connectivity index is 1.80. The van der Waals surface area contributed by atoms with Gasteiger partial charge in [0, 0.05) is 6.04 Å². The maximum atomic E-state index is 11.1. The molecule has 106 valence electrons. The maximum absolute atomic E-state index is 11.1. The molecule has 0 spiro atoms. The molecule has 4 heteroatoms. The first-order chi connectivity index (χ1) is 8.99. The molecule has 0 bridgehead atoms. The molecule has 19 heavy (non-hydrogen) atoms. The molecule has 1 aromatic heterocycles. The average molecular weight is 265 g/mol. The van der Waals surface area contributed by atoms with Crippen LogP contribution in [-0.4, -0.2) is 28.6 Å². The van der Waals surface area contributed by atoms with Crippen LogP contribution < -0.4 is 0 Å². The third-order valence-electron chi connectivity index (χ3n) is 3.83. The third kappa shape index (κ3) is 4.10. The van der Waals surface area contributed by atoms with Crippen molar-refractivity contribution in [1.29, 1.82) is 0 Å². The molecule has 0 saturated heterocycles. The molecule has 2 rings (SSSR count). The van der Waals surface area contributed by atoms with E-state index < -0.39 is 11.4 Å². The van der Waals surface area contributed by atoms with Gasteiger partial charge in [-0.25, -0.2) is 0 Å². The Kier molecular flexibility index (Phi) is 4.30. The van der Waals surface area contributed by atoms with Gasteiger partial charge in [-0.1, -0.05) is 0 Å². The molecule has 1 aliphatic rings. The minimum absolute atomic E-state index is 0.625. The lowest BCUT2D eigenvalue weighted by Crippen LogP contribution is -2.29. The van der Waals surface area contributed by atoms with Gasteiger partial charge in [0.2, 0.25) is 0 Å². The Labute approximate surface area is 114 Å². The number of hydrogen-bond acceptors (Lipinski definition) is 3. The van der Waals surface area contributed by atoms with E-state index in [2.05, 4.69) is 4.90 Å². The topological polar surface area (TPSA) is 53.7 Å². The Bertz CT molecular complexity index is 407. The Morgan fingerprint density at radius 2 is 2.26 bits per heavy atom. The zero-order valence-electron chi connectivity index (χ0n) is 11.8. The predicted octanol–water partition coefficient (Wildman–Crippen LogP) is 3.14. The third-order valence-corrected chi connectivity index (χ3v) is 3.83. The lowest BCUT2D eigenvalue weighted by atomic mass is 9.88. The highest BCUT2D eigenvalue weighted by atomic mass is 16.4. The SMILES string of the molecule is CC(C)(CCCN(Cc1ccco1)C1CC1)C(=O)O. The van der Waals surface area contributed by atoms with Crippen molar-refractivity contribution in [2.24, 2.45) is 5.41 Å². The Morgan fingerprint density at radius 1 is 1.53 bits per heavy atom. The highest BCUT2D eigenvalue weighted by molar-refractivity contribution is 5.73. The summed E-state index contributed by atoms with van der Waals surface area (Å²) in [5, 5.41) is 9.11. The number of carboxylic acid groups (broad SMARTS) is 1. The minimum atomic E-state index is -0.712. The van der Waals surface area contributed by atoms with E-state index in [9.17, 15) is 4.79 Å². The van der Waals surface area contributed by atoms with Crippen molar-refractivity contribution in [1.82, 2.24) is 4.90 Å². The van der Waals surface area contributed by atoms with Crippen molar-refractivity contribution in [3.8, 4) is 0 Å². The summed E-state index contributed by atoms with van der Waals surface area (Å²) in [6.45, 7) is 5.37. The highest BCUT2D eigenvalue weighted by Crippen LogP contribution is 2.30. The molecule has 1 N–H and O–H groups in total. The van der Waals surface area contributed by atoms with E-state index in [1.807, 2.05) is 12.1 Å². The van der Waals surface area contributed by atoms with Gasteiger partial charge in [0.15, 0.2) is 0 Å². The van der Waals surface area contributed by atoms with Crippen molar-refractivity contribution in [3.05, 3.63) is 24.2 Å². The normalized spacial score (nSPS) is 15.9. The molecule has 1 saturated carbocycles. The summed E-state index contributed by atoms with van der Waals surface area (Å²) >= 11 is 0. The van der Waals surface area contributed by atoms with E-state index in [1.165, 1.54) is 12.8 Å². The van der Waals surface area contributed by atoms with Crippen LogP contribution in [0.25, 0.3) is 0 Å². The van der Waals surface area contributed by atoms with Crippen LogP contribution in [-0.2, 0) is 11.3 Å². The summed E-state index contributed by atoms with van der Waals surface area (Å²) in [6.07, 6.45) is 5.83. The van der Waals surface area contributed by atoms with Crippen LogP contribution in [0, 0.1) is 5.41 Å². The van der Waals surface area contributed by atoms with Crippen LogP contribution in [0.2, 0.25) is 0 Å². The summed E-state index contributed by atoms with van der Waals surface area (Å²) in [6, 6.07) is 4.57. The smallest absolute Gasteiger partial charge is 0.309 e. The zero-order valence-corrected chi connectivity index (χ0v) is 11.8. The summed E-state index contributed by atoms with van der Waals surface area (Å²) < 4.78 is 5.39. The van der Waals surface area contributed by atoms with E-state index in [0.717, 1.165) is 25.3 Å². The lowest BCUT2D eigenvalue weighted by molar-refractivity contribution is -0.147. The van der Waals surface area contributed by atoms with Crippen LogP contribution in [0.5, 0.6) is 0 Å². The molecule has 1 heterocycles. The molecule has 1 aromatic rings. The first kappa shape index (κ1) is 14.1. The fourth-order valence-electron chi connectivity index (χ4n) is 2.26. The molecule has 0 amide bonds. The van der Waals surface area contributed by atoms with Crippen molar-refractivity contribution in [3.63, 3.8) is 0 Å². The Hall–Kier alpha value is -1.29. The molecule has 0 unspecified atom stereocenters. The average Bonchev–Trinajstić information content (AvgIpc) is 3.06. The number of carbonyl (C=O) groups is 1. The van der Waals surface area contributed by atoms with Crippen molar-refractivity contribution in [2.45, 2.75) is 52.1 Å². The maximum Gasteiger partial charge on any atom is 0.309 e. The molecule has 1 fully saturated rings. The molecule has 1 aliphatic carbocycles. The fourth-order valence-corrected chi connectivity index (χ4v) is 2.26. The van der Waals surface area contributed by atoms with E-state index in [-0.39, 0.29) is 0 Å². The van der Waals surface area contributed by atoms with Gasteiger partial charge in [0.05, 0.1) is 18.2 Å². The summed E-state index contributed by atoms with van der Waals surface area (Å²) in [5.74, 6) is 0.279.